The average molecular weight is 482 g/mol. The smallest absolute Gasteiger partial charge is 0.191 e. The summed E-state index contributed by atoms with van der Waals surface area (Å²) in [5.74, 6) is 0.751. The molecule has 1 unspecified atom stereocenters. The van der Waals surface area contributed by atoms with Crippen LogP contribution in [-0.4, -0.2) is 29.8 Å². The van der Waals surface area contributed by atoms with Crippen molar-refractivity contribution in [2.45, 2.75) is 44.8 Å². The number of guanidine groups is 1. The summed E-state index contributed by atoms with van der Waals surface area (Å²) >= 11 is 3.58. The molecule has 1 aliphatic rings. The molecule has 0 aliphatic heterocycles. The zero-order valence-corrected chi connectivity index (χ0v) is 17.0. The highest BCUT2D eigenvalue weighted by atomic mass is 127. The van der Waals surface area contributed by atoms with Gasteiger partial charge in [0.2, 0.25) is 0 Å². The summed E-state index contributed by atoms with van der Waals surface area (Å²) in [5.41, 5.74) is 0.601. The average Bonchev–Trinajstić information content (AvgIpc) is 2.43. The van der Waals surface area contributed by atoms with E-state index in [9.17, 15) is 5.11 Å². The standard InChI is InChI=1S/C16H24BrN3O.HI/c1-3-18-15(19-11-16(21)9-6-10-16)20-12(2)13-7-4-5-8-14(13)17;/h4-5,7-8,12,21H,3,6,9-11H2,1-2H3,(H2,18,19,20);1H. The molecule has 1 aliphatic carbocycles. The fourth-order valence-electron chi connectivity index (χ4n) is 2.40. The summed E-state index contributed by atoms with van der Waals surface area (Å²) in [6.45, 7) is 5.40. The van der Waals surface area contributed by atoms with E-state index in [2.05, 4.69) is 44.5 Å². The van der Waals surface area contributed by atoms with Crippen molar-refractivity contribution < 1.29 is 5.11 Å². The third-order valence-electron chi connectivity index (χ3n) is 3.88. The van der Waals surface area contributed by atoms with Crippen molar-refractivity contribution >= 4 is 45.9 Å². The van der Waals surface area contributed by atoms with E-state index < -0.39 is 5.60 Å². The van der Waals surface area contributed by atoms with Crippen molar-refractivity contribution in [2.24, 2.45) is 4.99 Å². The van der Waals surface area contributed by atoms with E-state index in [1.807, 2.05) is 25.1 Å². The van der Waals surface area contributed by atoms with Crippen LogP contribution in [0.1, 0.15) is 44.7 Å². The van der Waals surface area contributed by atoms with E-state index in [1.54, 1.807) is 0 Å². The Balaban J connectivity index is 0.00000242. The minimum absolute atomic E-state index is 0. The van der Waals surface area contributed by atoms with Crippen molar-refractivity contribution in [1.82, 2.24) is 10.6 Å². The molecule has 22 heavy (non-hydrogen) atoms. The Morgan fingerprint density at radius 2 is 2.09 bits per heavy atom. The second-order valence-electron chi connectivity index (χ2n) is 5.66. The zero-order chi connectivity index (χ0) is 15.3. The predicted octanol–water partition coefficient (Wildman–Crippen LogP) is 3.60. The molecule has 0 saturated heterocycles. The molecule has 4 nitrogen and oxygen atoms in total. The van der Waals surface area contributed by atoms with Gasteiger partial charge in [-0.05, 0) is 44.7 Å². The first-order valence-electron chi connectivity index (χ1n) is 7.56. The van der Waals surface area contributed by atoms with Crippen LogP contribution < -0.4 is 10.6 Å². The van der Waals surface area contributed by atoms with Crippen molar-refractivity contribution in [2.75, 3.05) is 13.1 Å². The third kappa shape index (κ3) is 5.38. The highest BCUT2D eigenvalue weighted by Gasteiger charge is 2.34. The zero-order valence-electron chi connectivity index (χ0n) is 13.1. The third-order valence-corrected chi connectivity index (χ3v) is 4.61. The Kier molecular flexibility index (Phi) is 8.13. The summed E-state index contributed by atoms with van der Waals surface area (Å²) in [6.07, 6.45) is 2.81. The van der Waals surface area contributed by atoms with Crippen LogP contribution in [0.5, 0.6) is 0 Å². The summed E-state index contributed by atoms with van der Waals surface area (Å²) in [7, 11) is 0. The van der Waals surface area contributed by atoms with Crippen molar-refractivity contribution in [3.63, 3.8) is 0 Å². The van der Waals surface area contributed by atoms with E-state index >= 15 is 0 Å². The van der Waals surface area contributed by atoms with Gasteiger partial charge in [-0.15, -0.1) is 24.0 Å². The molecule has 6 heteroatoms. The van der Waals surface area contributed by atoms with Gasteiger partial charge in [-0.2, -0.15) is 0 Å². The number of rotatable bonds is 5. The monoisotopic (exact) mass is 481 g/mol. The minimum atomic E-state index is -0.584. The fraction of sp³-hybridized carbons (Fsp3) is 0.562. The molecule has 1 fully saturated rings. The van der Waals surface area contributed by atoms with Gasteiger partial charge in [0.1, 0.15) is 0 Å². The van der Waals surface area contributed by atoms with Gasteiger partial charge in [-0.3, -0.25) is 4.99 Å². The van der Waals surface area contributed by atoms with Gasteiger partial charge in [-0.25, -0.2) is 0 Å². The molecule has 2 rings (SSSR count). The molecule has 0 heterocycles. The lowest BCUT2D eigenvalue weighted by molar-refractivity contribution is -0.0236. The first kappa shape index (κ1) is 19.7. The predicted molar refractivity (Wildman–Crippen MR) is 106 cm³/mol. The fourth-order valence-corrected chi connectivity index (χ4v) is 3.03. The highest BCUT2D eigenvalue weighted by Crippen LogP contribution is 2.31. The molecule has 0 bridgehead atoms. The lowest BCUT2D eigenvalue weighted by Gasteiger charge is -2.35. The SMILES string of the molecule is CCNC(=NCC1(O)CCC1)NC(C)c1ccccc1Br.I. The molecular formula is C16H25BrIN3O. The Morgan fingerprint density at radius 1 is 1.41 bits per heavy atom. The van der Waals surface area contributed by atoms with Gasteiger partial charge in [0.05, 0.1) is 18.2 Å². The lowest BCUT2D eigenvalue weighted by Crippen LogP contribution is -2.43. The number of halogens is 2. The van der Waals surface area contributed by atoms with Crippen LogP contribution in [0, 0.1) is 0 Å². The van der Waals surface area contributed by atoms with Crippen LogP contribution in [0.2, 0.25) is 0 Å². The Hall–Kier alpha value is -0.340. The molecule has 1 aromatic carbocycles. The quantitative estimate of drug-likeness (QED) is 0.342. The van der Waals surface area contributed by atoms with Crippen molar-refractivity contribution in [3.8, 4) is 0 Å². The van der Waals surface area contributed by atoms with Crippen LogP contribution in [0.4, 0.5) is 0 Å². The van der Waals surface area contributed by atoms with Gasteiger partial charge in [0.15, 0.2) is 5.96 Å². The second kappa shape index (κ2) is 9.08. The first-order valence-corrected chi connectivity index (χ1v) is 8.35. The van der Waals surface area contributed by atoms with Crippen LogP contribution in [-0.2, 0) is 0 Å². The topological polar surface area (TPSA) is 56.7 Å². The van der Waals surface area contributed by atoms with Crippen molar-refractivity contribution in [1.29, 1.82) is 0 Å². The normalized spacial score (nSPS) is 17.9. The summed E-state index contributed by atoms with van der Waals surface area (Å²) in [5, 5.41) is 16.8. The minimum Gasteiger partial charge on any atom is -0.388 e. The number of benzene rings is 1. The molecule has 124 valence electrons. The number of hydrogen-bond acceptors (Lipinski definition) is 2. The summed E-state index contributed by atoms with van der Waals surface area (Å²) in [4.78, 5) is 4.53. The van der Waals surface area contributed by atoms with Gasteiger partial charge in [-0.1, -0.05) is 34.1 Å². The maximum Gasteiger partial charge on any atom is 0.191 e. The number of aliphatic imine (C=N–C) groups is 1. The Morgan fingerprint density at radius 3 is 2.64 bits per heavy atom. The molecule has 0 amide bonds. The molecule has 1 atom stereocenters. The van der Waals surface area contributed by atoms with Crippen LogP contribution >= 0.6 is 39.9 Å². The molecule has 0 aromatic heterocycles. The van der Waals surface area contributed by atoms with Crippen LogP contribution in [0.25, 0.3) is 0 Å². The van der Waals surface area contributed by atoms with E-state index in [0.717, 1.165) is 36.2 Å². The van der Waals surface area contributed by atoms with Gasteiger partial charge >= 0.3 is 0 Å². The molecular weight excluding hydrogens is 457 g/mol. The lowest BCUT2D eigenvalue weighted by atomic mass is 9.80. The van der Waals surface area contributed by atoms with E-state index in [1.165, 1.54) is 5.56 Å². The number of nitrogens with zero attached hydrogens (tertiary/aromatic N) is 1. The first-order chi connectivity index (χ1) is 10.0. The molecule has 1 saturated carbocycles. The number of nitrogens with one attached hydrogen (secondary N) is 2. The van der Waals surface area contributed by atoms with Crippen molar-refractivity contribution in [3.05, 3.63) is 34.3 Å². The molecule has 0 spiro atoms. The molecule has 3 N–H and O–H groups in total. The Bertz CT molecular complexity index is 506. The van der Waals surface area contributed by atoms with Gasteiger partial charge < -0.3 is 15.7 Å². The number of hydrogen-bond donors (Lipinski definition) is 3. The van der Waals surface area contributed by atoms with Gasteiger partial charge in [0, 0.05) is 11.0 Å². The summed E-state index contributed by atoms with van der Waals surface area (Å²) in [6, 6.07) is 8.29. The largest absolute Gasteiger partial charge is 0.388 e. The van der Waals surface area contributed by atoms with E-state index in [0.29, 0.717) is 6.54 Å². The molecule has 0 radical (unpaired) electrons. The maximum absolute atomic E-state index is 10.2. The number of aliphatic hydroxyl groups is 1. The Labute approximate surface area is 158 Å². The van der Waals surface area contributed by atoms with Crippen LogP contribution in [0.3, 0.4) is 0 Å². The van der Waals surface area contributed by atoms with Gasteiger partial charge in [0.25, 0.3) is 0 Å². The maximum atomic E-state index is 10.2. The van der Waals surface area contributed by atoms with E-state index in [-0.39, 0.29) is 30.0 Å². The summed E-state index contributed by atoms with van der Waals surface area (Å²) < 4.78 is 1.08. The van der Waals surface area contributed by atoms with E-state index in [4.69, 9.17) is 0 Å². The molecule has 1 aromatic rings. The van der Waals surface area contributed by atoms with Crippen LogP contribution in [0.15, 0.2) is 33.7 Å². The highest BCUT2D eigenvalue weighted by molar-refractivity contribution is 14.0. The second-order valence-corrected chi connectivity index (χ2v) is 6.51.